The van der Waals surface area contributed by atoms with Crippen LogP contribution in [0.15, 0.2) is 71.9 Å². The van der Waals surface area contributed by atoms with Crippen molar-refractivity contribution in [3.63, 3.8) is 0 Å². The van der Waals surface area contributed by atoms with Crippen molar-refractivity contribution in [2.45, 2.75) is 51.6 Å². The van der Waals surface area contributed by atoms with E-state index in [4.69, 9.17) is 10.5 Å². The van der Waals surface area contributed by atoms with Crippen LogP contribution in [-0.4, -0.2) is 32.6 Å². The minimum Gasteiger partial charge on any atom is -0.475 e. The number of nitrogens with zero attached hydrogens (tertiary/aromatic N) is 5. The number of benzene rings is 2. The number of anilines is 2. The molecule has 0 amide bonds. The molecule has 0 aliphatic carbocycles. The molecule has 0 spiro atoms. The Kier molecular flexibility index (Phi) is 8.61. The molecule has 7 nitrogen and oxygen atoms in total. The molecule has 4 rings (SSSR count). The molecule has 2 heterocycles. The highest BCUT2D eigenvalue weighted by Gasteiger charge is 2.23. The summed E-state index contributed by atoms with van der Waals surface area (Å²) in [6, 6.07) is 18.0. The van der Waals surface area contributed by atoms with Gasteiger partial charge in [-0.25, -0.2) is 15.0 Å². The Morgan fingerprint density at radius 1 is 0.946 bits per heavy atom. The highest BCUT2D eigenvalue weighted by atomic mass is 32.1. The molecular weight excluding hydrogens is 480 g/mol. The van der Waals surface area contributed by atoms with Gasteiger partial charge in [-0.05, 0) is 61.6 Å². The van der Waals surface area contributed by atoms with Gasteiger partial charge >= 0.3 is 0 Å². The largest absolute Gasteiger partial charge is 0.475 e. The molecule has 192 valence electrons. The summed E-state index contributed by atoms with van der Waals surface area (Å²) in [4.78, 5) is 21.0. The van der Waals surface area contributed by atoms with Crippen molar-refractivity contribution in [3.05, 3.63) is 83.9 Å². The maximum Gasteiger partial charge on any atom is 0.223 e. The lowest BCUT2D eigenvalue weighted by Gasteiger charge is -2.34. The van der Waals surface area contributed by atoms with Gasteiger partial charge in [0.15, 0.2) is 0 Å². The van der Waals surface area contributed by atoms with Gasteiger partial charge in [-0.3, -0.25) is 0 Å². The predicted octanol–water partition coefficient (Wildman–Crippen LogP) is 5.92. The number of hydrogen-bond acceptors (Lipinski definition) is 8. The first-order valence-corrected chi connectivity index (χ1v) is 12.9. The molecule has 0 saturated carbocycles. The lowest BCUT2D eigenvalue weighted by Crippen LogP contribution is -2.40. The van der Waals surface area contributed by atoms with Gasteiger partial charge in [0, 0.05) is 34.6 Å². The molecule has 2 aromatic carbocycles. The third-order valence-electron chi connectivity index (χ3n) is 6.16. The van der Waals surface area contributed by atoms with Gasteiger partial charge in [0.05, 0.1) is 18.3 Å². The molecule has 0 aliphatic heterocycles. The third kappa shape index (κ3) is 6.98. The molecule has 0 radical (unpaired) electrons. The van der Waals surface area contributed by atoms with Crippen LogP contribution in [0.2, 0.25) is 0 Å². The van der Waals surface area contributed by atoms with Crippen LogP contribution in [0.5, 0.6) is 5.88 Å². The van der Waals surface area contributed by atoms with Crippen molar-refractivity contribution < 1.29 is 4.74 Å². The number of ether oxygens (including phenoxy) is 1. The molecule has 1 unspecified atom stereocenters. The van der Waals surface area contributed by atoms with E-state index in [1.165, 1.54) is 0 Å². The average molecular weight is 515 g/mol. The Labute approximate surface area is 224 Å². The van der Waals surface area contributed by atoms with E-state index in [2.05, 4.69) is 89.4 Å². The van der Waals surface area contributed by atoms with Gasteiger partial charge in [0.2, 0.25) is 11.8 Å². The van der Waals surface area contributed by atoms with Gasteiger partial charge in [0.25, 0.3) is 0 Å². The molecule has 4 aromatic rings. The van der Waals surface area contributed by atoms with E-state index < -0.39 is 0 Å². The van der Waals surface area contributed by atoms with Crippen LogP contribution in [0.3, 0.4) is 0 Å². The van der Waals surface area contributed by atoms with Gasteiger partial charge in [-0.1, -0.05) is 38.1 Å². The van der Waals surface area contributed by atoms with Gasteiger partial charge in [-0.15, -0.1) is 12.6 Å². The zero-order valence-electron chi connectivity index (χ0n) is 21.8. The van der Waals surface area contributed by atoms with Crippen LogP contribution >= 0.6 is 12.6 Å². The Morgan fingerprint density at radius 3 is 2.32 bits per heavy atom. The second kappa shape index (κ2) is 12.1. The molecule has 0 saturated heterocycles. The van der Waals surface area contributed by atoms with Crippen LogP contribution in [0.1, 0.15) is 37.2 Å². The number of aromatic nitrogens is 4. The first-order valence-electron chi connectivity index (χ1n) is 12.5. The Hall–Kier alpha value is -3.65. The maximum atomic E-state index is 6.33. The number of rotatable bonds is 10. The first-order chi connectivity index (χ1) is 17.8. The van der Waals surface area contributed by atoms with Crippen LogP contribution in [-0.2, 0) is 6.54 Å². The number of nitrogen functional groups attached to an aromatic ring is 1. The van der Waals surface area contributed by atoms with Crippen molar-refractivity contribution in [1.29, 1.82) is 0 Å². The Morgan fingerprint density at radius 2 is 1.65 bits per heavy atom. The third-order valence-corrected chi connectivity index (χ3v) is 6.44. The lowest BCUT2D eigenvalue weighted by molar-refractivity contribution is 0.253. The van der Waals surface area contributed by atoms with Crippen LogP contribution < -0.4 is 15.4 Å². The van der Waals surface area contributed by atoms with Gasteiger partial charge < -0.3 is 15.4 Å². The number of hydrogen-bond donors (Lipinski definition) is 2. The molecule has 2 N–H and O–H groups in total. The number of nitrogens with two attached hydrogens (primary N) is 1. The van der Waals surface area contributed by atoms with Crippen LogP contribution in [0, 0.1) is 19.8 Å². The Bertz CT molecular complexity index is 1310. The van der Waals surface area contributed by atoms with Crippen molar-refractivity contribution in [2.24, 2.45) is 5.92 Å². The quantitative estimate of drug-likeness (QED) is 0.254. The van der Waals surface area contributed by atoms with Crippen molar-refractivity contribution in [3.8, 4) is 17.1 Å². The highest BCUT2D eigenvalue weighted by Crippen LogP contribution is 2.29. The minimum atomic E-state index is 0.0266. The summed E-state index contributed by atoms with van der Waals surface area (Å²) >= 11 is 4.58. The normalized spacial score (nSPS) is 11.9. The maximum absolute atomic E-state index is 6.33. The van der Waals surface area contributed by atoms with Gasteiger partial charge in [-0.2, -0.15) is 4.98 Å². The molecule has 0 fully saturated rings. The zero-order chi connectivity index (χ0) is 26.4. The summed E-state index contributed by atoms with van der Waals surface area (Å²) in [6.07, 6.45) is 4.43. The Balaban J connectivity index is 1.65. The summed E-state index contributed by atoms with van der Waals surface area (Å²) in [5.74, 6) is 1.82. The molecule has 2 aromatic heterocycles. The first kappa shape index (κ1) is 26.4. The number of aryl methyl sites for hydroxylation is 2. The van der Waals surface area contributed by atoms with E-state index in [1.807, 2.05) is 30.3 Å². The van der Waals surface area contributed by atoms with Crippen molar-refractivity contribution in [2.75, 3.05) is 17.2 Å². The molecular formula is C29H34N6OS. The fourth-order valence-corrected chi connectivity index (χ4v) is 4.76. The lowest BCUT2D eigenvalue weighted by atomic mass is 10.00. The minimum absolute atomic E-state index is 0.0266. The second-order valence-electron chi connectivity index (χ2n) is 9.62. The van der Waals surface area contributed by atoms with Crippen LogP contribution in [0.25, 0.3) is 11.3 Å². The zero-order valence-corrected chi connectivity index (χ0v) is 22.7. The van der Waals surface area contributed by atoms with E-state index in [0.717, 1.165) is 45.2 Å². The smallest absolute Gasteiger partial charge is 0.223 e. The van der Waals surface area contributed by atoms with E-state index >= 15 is 0 Å². The van der Waals surface area contributed by atoms with E-state index in [-0.39, 0.29) is 12.0 Å². The summed E-state index contributed by atoms with van der Waals surface area (Å²) in [6.45, 7) is 9.50. The monoisotopic (exact) mass is 514 g/mol. The van der Waals surface area contributed by atoms with Crippen LogP contribution in [0.4, 0.5) is 11.6 Å². The van der Waals surface area contributed by atoms with Crippen molar-refractivity contribution >= 4 is 24.3 Å². The van der Waals surface area contributed by atoms with Gasteiger partial charge in [0.1, 0.15) is 12.4 Å². The van der Waals surface area contributed by atoms with E-state index in [1.54, 1.807) is 12.4 Å². The average Bonchev–Trinajstić information content (AvgIpc) is 2.85. The standard InChI is InChI=1S/C29H34N6OS/c1-19(2)14-23(35(17-26-31-12-7-13-32-26)22-10-6-11-24(37)15-22)18-36-27-16-25(33-29(30)34-27)28-20(3)8-5-9-21(28)4/h5-13,15-16,19,23,37H,14,17-18H2,1-4H3,(H2,30,33,34). The molecule has 8 heteroatoms. The molecule has 0 aliphatic rings. The van der Waals surface area contributed by atoms with E-state index in [0.29, 0.717) is 24.9 Å². The topological polar surface area (TPSA) is 90.0 Å². The van der Waals surface area contributed by atoms with Crippen molar-refractivity contribution in [1.82, 2.24) is 19.9 Å². The molecule has 1 atom stereocenters. The fraction of sp³-hybridized carbons (Fsp3) is 0.310. The highest BCUT2D eigenvalue weighted by molar-refractivity contribution is 7.80. The number of thiol groups is 1. The SMILES string of the molecule is Cc1cccc(C)c1-c1cc(OCC(CC(C)C)N(Cc2ncccn2)c2cccc(S)c2)nc(N)n1. The summed E-state index contributed by atoms with van der Waals surface area (Å²) in [5.41, 5.74) is 11.2. The van der Waals surface area contributed by atoms with E-state index in [9.17, 15) is 0 Å². The second-order valence-corrected chi connectivity index (χ2v) is 10.1. The summed E-state index contributed by atoms with van der Waals surface area (Å²) in [5, 5.41) is 0. The summed E-state index contributed by atoms with van der Waals surface area (Å²) < 4.78 is 6.33. The summed E-state index contributed by atoms with van der Waals surface area (Å²) in [7, 11) is 0. The fourth-order valence-electron chi connectivity index (χ4n) is 4.54. The molecule has 37 heavy (non-hydrogen) atoms. The molecule has 0 bridgehead atoms. The predicted molar refractivity (Wildman–Crippen MR) is 152 cm³/mol.